The number of carbonyl (C=O) groups excluding carboxylic acids is 2. The average molecular weight is 499 g/mol. The number of halogens is 1. The molecule has 0 bridgehead atoms. The molecule has 8 heteroatoms. The summed E-state index contributed by atoms with van der Waals surface area (Å²) in [6, 6.07) is 16.5. The van der Waals surface area contributed by atoms with Crippen molar-refractivity contribution in [3.8, 4) is 5.75 Å². The normalized spacial score (nSPS) is 15.0. The Balaban J connectivity index is 1.62. The fourth-order valence-electron chi connectivity index (χ4n) is 4.29. The number of hydrogen-bond donors (Lipinski definition) is 0. The highest BCUT2D eigenvalue weighted by molar-refractivity contribution is 7.10. The Bertz CT molecular complexity index is 1150. The second-order valence-corrected chi connectivity index (χ2v) is 9.45. The molecule has 2 amide bonds. The minimum Gasteiger partial charge on any atom is -0.496 e. The third kappa shape index (κ3) is 5.12. The standard InChI is InChI=1S/C26H27ClN2O4S/c1-32-15-14-28(26(31)20-5-3-4-6-22(20)33-2)17-24(30)29-13-11-23-21(12-16-34-23)25(29)18-7-9-19(27)10-8-18/h3-10,12,16,25H,11,13-15,17H2,1-2H3. The van der Waals surface area contributed by atoms with E-state index in [-0.39, 0.29) is 24.4 Å². The Morgan fingerprint density at radius 2 is 1.88 bits per heavy atom. The molecule has 3 aromatic rings. The first-order valence-electron chi connectivity index (χ1n) is 11.1. The monoisotopic (exact) mass is 498 g/mol. The summed E-state index contributed by atoms with van der Waals surface area (Å²) in [7, 11) is 3.10. The maximum Gasteiger partial charge on any atom is 0.258 e. The summed E-state index contributed by atoms with van der Waals surface area (Å²) in [5.74, 6) is 0.0950. The van der Waals surface area contributed by atoms with Gasteiger partial charge >= 0.3 is 0 Å². The lowest BCUT2D eigenvalue weighted by atomic mass is 9.93. The van der Waals surface area contributed by atoms with Gasteiger partial charge < -0.3 is 19.3 Å². The zero-order chi connectivity index (χ0) is 24.1. The number of hydrogen-bond acceptors (Lipinski definition) is 5. The molecule has 0 saturated heterocycles. The van der Waals surface area contributed by atoms with E-state index in [9.17, 15) is 9.59 Å². The van der Waals surface area contributed by atoms with E-state index in [2.05, 4.69) is 11.4 Å². The number of methoxy groups -OCH3 is 2. The smallest absolute Gasteiger partial charge is 0.258 e. The Hall–Kier alpha value is -2.87. The van der Waals surface area contributed by atoms with Crippen LogP contribution in [0, 0.1) is 0 Å². The predicted molar refractivity (Wildman–Crippen MR) is 134 cm³/mol. The summed E-state index contributed by atoms with van der Waals surface area (Å²) in [5, 5.41) is 2.72. The number of para-hydroxylation sites is 1. The number of rotatable bonds is 8. The van der Waals surface area contributed by atoms with E-state index >= 15 is 0 Å². The molecule has 2 aromatic carbocycles. The van der Waals surface area contributed by atoms with E-state index in [1.165, 1.54) is 16.9 Å². The summed E-state index contributed by atoms with van der Waals surface area (Å²) >= 11 is 7.83. The molecule has 0 radical (unpaired) electrons. The Labute approximate surface area is 208 Å². The zero-order valence-corrected chi connectivity index (χ0v) is 20.8. The summed E-state index contributed by atoms with van der Waals surface area (Å²) in [6.45, 7) is 1.15. The van der Waals surface area contributed by atoms with Crippen molar-refractivity contribution in [3.63, 3.8) is 0 Å². The van der Waals surface area contributed by atoms with Crippen LogP contribution in [0.1, 0.15) is 32.4 Å². The van der Waals surface area contributed by atoms with Gasteiger partial charge in [0.1, 0.15) is 12.3 Å². The predicted octanol–water partition coefficient (Wildman–Crippen LogP) is 4.67. The van der Waals surface area contributed by atoms with Crippen LogP contribution >= 0.6 is 22.9 Å². The molecule has 0 aliphatic carbocycles. The number of benzene rings is 2. The lowest BCUT2D eigenvalue weighted by molar-refractivity contribution is -0.134. The van der Waals surface area contributed by atoms with Gasteiger partial charge in [0.05, 0.1) is 25.3 Å². The first-order chi connectivity index (χ1) is 16.5. The quantitative estimate of drug-likeness (QED) is 0.452. The van der Waals surface area contributed by atoms with E-state index < -0.39 is 0 Å². The van der Waals surface area contributed by atoms with Gasteiger partial charge in [0.2, 0.25) is 5.91 Å². The van der Waals surface area contributed by atoms with Crippen molar-refractivity contribution < 1.29 is 19.1 Å². The summed E-state index contributed by atoms with van der Waals surface area (Å²) in [6.07, 6.45) is 0.793. The molecule has 6 nitrogen and oxygen atoms in total. The molecular weight excluding hydrogens is 472 g/mol. The summed E-state index contributed by atoms with van der Waals surface area (Å²) < 4.78 is 10.6. The van der Waals surface area contributed by atoms with Crippen LogP contribution in [0.4, 0.5) is 0 Å². The van der Waals surface area contributed by atoms with E-state index in [0.29, 0.717) is 36.0 Å². The molecule has 1 atom stereocenters. The molecule has 1 aromatic heterocycles. The van der Waals surface area contributed by atoms with Gasteiger partial charge in [-0.15, -0.1) is 11.3 Å². The number of amides is 2. The highest BCUT2D eigenvalue weighted by Crippen LogP contribution is 2.38. The minimum atomic E-state index is -0.265. The van der Waals surface area contributed by atoms with Crippen molar-refractivity contribution in [1.82, 2.24) is 9.80 Å². The molecule has 1 unspecified atom stereocenters. The molecule has 178 valence electrons. The van der Waals surface area contributed by atoms with E-state index in [0.717, 1.165) is 17.5 Å². The molecule has 0 saturated carbocycles. The molecule has 2 heterocycles. The first-order valence-corrected chi connectivity index (χ1v) is 12.3. The van der Waals surface area contributed by atoms with Crippen LogP contribution in [-0.2, 0) is 16.0 Å². The Morgan fingerprint density at radius 3 is 2.62 bits per heavy atom. The van der Waals surface area contributed by atoms with Gasteiger partial charge in [-0.2, -0.15) is 0 Å². The second kappa shape index (κ2) is 11.0. The minimum absolute atomic E-state index is 0.0518. The highest BCUT2D eigenvalue weighted by atomic mass is 35.5. The SMILES string of the molecule is COCCN(CC(=O)N1CCc2sccc2C1c1ccc(Cl)cc1)C(=O)c1ccccc1OC. The van der Waals surface area contributed by atoms with Crippen LogP contribution in [0.15, 0.2) is 60.0 Å². The van der Waals surface area contributed by atoms with Gasteiger partial charge in [0, 0.05) is 30.1 Å². The number of carbonyl (C=O) groups is 2. The third-order valence-corrected chi connectivity index (χ3v) is 7.24. The van der Waals surface area contributed by atoms with Gasteiger partial charge in [-0.05, 0) is 53.3 Å². The third-order valence-electron chi connectivity index (χ3n) is 5.99. The van der Waals surface area contributed by atoms with Crippen molar-refractivity contribution in [2.45, 2.75) is 12.5 Å². The van der Waals surface area contributed by atoms with E-state index in [1.54, 1.807) is 36.6 Å². The van der Waals surface area contributed by atoms with Crippen molar-refractivity contribution in [2.24, 2.45) is 0 Å². The van der Waals surface area contributed by atoms with Gasteiger partial charge in [-0.25, -0.2) is 0 Å². The Kier molecular flexibility index (Phi) is 7.88. The number of nitrogens with zero attached hydrogens (tertiary/aromatic N) is 2. The molecular formula is C26H27ClN2O4S. The van der Waals surface area contributed by atoms with Crippen LogP contribution in [0.2, 0.25) is 5.02 Å². The lowest BCUT2D eigenvalue weighted by Gasteiger charge is -2.37. The molecule has 34 heavy (non-hydrogen) atoms. The fraction of sp³-hybridized carbons (Fsp3) is 0.308. The Morgan fingerprint density at radius 1 is 1.12 bits per heavy atom. The van der Waals surface area contributed by atoms with Crippen molar-refractivity contribution in [2.75, 3.05) is 40.5 Å². The van der Waals surface area contributed by atoms with Gasteiger partial charge in [0.25, 0.3) is 5.91 Å². The molecule has 4 rings (SSSR count). The van der Waals surface area contributed by atoms with Crippen molar-refractivity contribution in [1.29, 1.82) is 0 Å². The van der Waals surface area contributed by atoms with Crippen molar-refractivity contribution >= 4 is 34.8 Å². The second-order valence-electron chi connectivity index (χ2n) is 8.01. The van der Waals surface area contributed by atoms with Crippen LogP contribution < -0.4 is 4.74 Å². The maximum atomic E-state index is 13.7. The number of ether oxygens (including phenoxy) is 2. The molecule has 1 aliphatic heterocycles. The van der Waals surface area contributed by atoms with Crippen molar-refractivity contribution in [3.05, 3.63) is 86.6 Å². The topological polar surface area (TPSA) is 59.1 Å². The van der Waals surface area contributed by atoms with E-state index in [4.69, 9.17) is 21.1 Å². The first kappa shape index (κ1) is 24.3. The molecule has 0 fully saturated rings. The zero-order valence-electron chi connectivity index (χ0n) is 19.2. The molecule has 1 aliphatic rings. The van der Waals surface area contributed by atoms with Crippen LogP contribution in [0.25, 0.3) is 0 Å². The van der Waals surface area contributed by atoms with Gasteiger partial charge in [-0.3, -0.25) is 9.59 Å². The van der Waals surface area contributed by atoms with Gasteiger partial charge in [-0.1, -0.05) is 35.9 Å². The lowest BCUT2D eigenvalue weighted by Crippen LogP contribution is -2.47. The van der Waals surface area contributed by atoms with Gasteiger partial charge in [0.15, 0.2) is 0 Å². The van der Waals surface area contributed by atoms with E-state index in [1.807, 2.05) is 35.2 Å². The largest absolute Gasteiger partial charge is 0.496 e. The number of fused-ring (bicyclic) bond motifs is 1. The van der Waals surface area contributed by atoms with Crippen LogP contribution in [0.3, 0.4) is 0 Å². The summed E-state index contributed by atoms with van der Waals surface area (Å²) in [5.41, 5.74) is 2.55. The fourth-order valence-corrected chi connectivity index (χ4v) is 5.32. The number of thiophene rings is 1. The highest BCUT2D eigenvalue weighted by Gasteiger charge is 2.34. The van der Waals surface area contributed by atoms with Crippen LogP contribution in [0.5, 0.6) is 5.75 Å². The molecule has 0 N–H and O–H groups in total. The molecule has 0 spiro atoms. The average Bonchev–Trinajstić information content (AvgIpc) is 3.35. The maximum absolute atomic E-state index is 13.7. The summed E-state index contributed by atoms with van der Waals surface area (Å²) in [4.78, 5) is 31.8. The van der Waals surface area contributed by atoms with Crippen LogP contribution in [-0.4, -0.2) is 62.1 Å².